The van der Waals surface area contributed by atoms with E-state index in [9.17, 15) is 9.59 Å². The Morgan fingerprint density at radius 3 is 2.05 bits per heavy atom. The van der Waals surface area contributed by atoms with Gasteiger partial charge in [-0.2, -0.15) is 0 Å². The highest BCUT2D eigenvalue weighted by atomic mass is 16.6. The zero-order chi connectivity index (χ0) is 28.0. The van der Waals surface area contributed by atoms with Crippen LogP contribution < -0.4 is 18.9 Å². The monoisotopic (exact) mass is 532 g/mol. The first-order valence-corrected chi connectivity index (χ1v) is 14.0. The van der Waals surface area contributed by atoms with Crippen LogP contribution in [0.3, 0.4) is 0 Å². The maximum atomic E-state index is 12.9. The molecule has 3 aromatic carbocycles. The highest BCUT2D eigenvalue weighted by molar-refractivity contribution is 5.97. The first-order valence-electron chi connectivity index (χ1n) is 14.0. The number of carbonyl (C=O) groups is 2. The van der Waals surface area contributed by atoms with Crippen LogP contribution in [0.4, 0.5) is 0 Å². The molecule has 2 unspecified atom stereocenters. The Hall–Kier alpha value is -3.80. The minimum Gasteiger partial charge on any atom is -0.494 e. The first kappa shape index (κ1) is 29.8. The second-order valence-corrected chi connectivity index (χ2v) is 9.71. The fourth-order valence-electron chi connectivity index (χ4n) is 4.01. The van der Waals surface area contributed by atoms with Gasteiger partial charge in [-0.25, -0.2) is 9.59 Å². The molecular formula is C33H40O6. The number of rotatable bonds is 15. The Labute approximate surface area is 232 Å². The second kappa shape index (κ2) is 15.6. The third kappa shape index (κ3) is 9.47. The van der Waals surface area contributed by atoms with Gasteiger partial charge in [0.05, 0.1) is 18.3 Å². The topological polar surface area (TPSA) is 71.1 Å². The van der Waals surface area contributed by atoms with E-state index in [0.29, 0.717) is 29.6 Å². The van der Waals surface area contributed by atoms with Crippen molar-refractivity contribution in [3.05, 3.63) is 83.9 Å². The highest BCUT2D eigenvalue weighted by Crippen LogP contribution is 2.25. The molecule has 0 aliphatic carbocycles. The summed E-state index contributed by atoms with van der Waals surface area (Å²) in [5, 5.41) is 0. The summed E-state index contributed by atoms with van der Waals surface area (Å²) < 4.78 is 22.9. The van der Waals surface area contributed by atoms with Crippen LogP contribution in [0.15, 0.2) is 72.8 Å². The first-order chi connectivity index (χ1) is 18.9. The van der Waals surface area contributed by atoms with Gasteiger partial charge < -0.3 is 18.9 Å². The quantitative estimate of drug-likeness (QED) is 0.111. The standard InChI is InChI=1S/C33H40O6/c1-5-11-26(7-3)37-28-19-21-29(22-20-28)38-33(35)30-13-8-9-14-31(30)39-32(34)25-15-17-27(18-16-25)36-23-10-12-24(4)6-2/h8-9,13-22,24,26H,5-7,10-12,23H2,1-4H3. The van der Waals surface area contributed by atoms with E-state index in [-0.39, 0.29) is 17.4 Å². The zero-order valence-corrected chi connectivity index (χ0v) is 23.5. The van der Waals surface area contributed by atoms with Gasteiger partial charge in [0.1, 0.15) is 28.6 Å². The minimum absolute atomic E-state index is 0.128. The molecule has 0 aromatic heterocycles. The molecule has 2 atom stereocenters. The van der Waals surface area contributed by atoms with Crippen molar-refractivity contribution in [2.24, 2.45) is 5.92 Å². The molecule has 0 amide bonds. The van der Waals surface area contributed by atoms with Crippen molar-refractivity contribution < 1.29 is 28.5 Å². The van der Waals surface area contributed by atoms with E-state index in [2.05, 4.69) is 27.7 Å². The fraction of sp³-hybridized carbons (Fsp3) is 0.394. The van der Waals surface area contributed by atoms with Crippen molar-refractivity contribution in [2.45, 2.75) is 72.3 Å². The average molecular weight is 533 g/mol. The van der Waals surface area contributed by atoms with E-state index < -0.39 is 11.9 Å². The van der Waals surface area contributed by atoms with Crippen LogP contribution in [0, 0.1) is 5.92 Å². The summed E-state index contributed by atoms with van der Waals surface area (Å²) in [6.45, 7) is 9.29. The molecule has 0 bridgehead atoms. The van der Waals surface area contributed by atoms with Crippen LogP contribution in [0.25, 0.3) is 0 Å². The Kier molecular flexibility index (Phi) is 11.9. The van der Waals surface area contributed by atoms with E-state index in [1.165, 1.54) is 6.42 Å². The summed E-state index contributed by atoms with van der Waals surface area (Å²) in [5.41, 5.74) is 0.510. The second-order valence-electron chi connectivity index (χ2n) is 9.71. The van der Waals surface area contributed by atoms with Crippen LogP contribution in [0.1, 0.15) is 86.9 Å². The van der Waals surface area contributed by atoms with Gasteiger partial charge in [-0.3, -0.25) is 0 Å². The Morgan fingerprint density at radius 1 is 0.718 bits per heavy atom. The van der Waals surface area contributed by atoms with Gasteiger partial charge in [0.25, 0.3) is 0 Å². The van der Waals surface area contributed by atoms with Gasteiger partial charge in [-0.05, 0) is 92.3 Å². The molecule has 0 fully saturated rings. The molecule has 0 aliphatic rings. The molecular weight excluding hydrogens is 492 g/mol. The number of hydrogen-bond donors (Lipinski definition) is 0. The predicted octanol–water partition coefficient (Wildman–Crippen LogP) is 8.29. The van der Waals surface area contributed by atoms with Crippen LogP contribution in [-0.2, 0) is 0 Å². The van der Waals surface area contributed by atoms with Gasteiger partial charge in [0.15, 0.2) is 0 Å². The zero-order valence-electron chi connectivity index (χ0n) is 23.5. The van der Waals surface area contributed by atoms with Gasteiger partial charge >= 0.3 is 11.9 Å². The normalized spacial score (nSPS) is 12.3. The maximum Gasteiger partial charge on any atom is 0.347 e. The molecule has 3 aromatic rings. The van der Waals surface area contributed by atoms with Crippen molar-refractivity contribution >= 4 is 11.9 Å². The third-order valence-electron chi connectivity index (χ3n) is 6.61. The average Bonchev–Trinajstić information content (AvgIpc) is 2.96. The van der Waals surface area contributed by atoms with E-state index in [1.807, 2.05) is 0 Å². The lowest BCUT2D eigenvalue weighted by Gasteiger charge is -2.17. The molecule has 39 heavy (non-hydrogen) atoms. The lowest BCUT2D eigenvalue weighted by molar-refractivity contribution is 0.0706. The molecule has 6 nitrogen and oxygen atoms in total. The molecule has 0 saturated heterocycles. The molecule has 0 N–H and O–H groups in total. The minimum atomic E-state index is -0.620. The molecule has 3 rings (SSSR count). The molecule has 208 valence electrons. The van der Waals surface area contributed by atoms with Crippen molar-refractivity contribution in [1.82, 2.24) is 0 Å². The number of benzene rings is 3. The van der Waals surface area contributed by atoms with Gasteiger partial charge in [-0.15, -0.1) is 0 Å². The Balaban J connectivity index is 1.58. The molecule has 6 heteroatoms. The molecule has 0 spiro atoms. The lowest BCUT2D eigenvalue weighted by atomic mass is 10.0. The number of carbonyl (C=O) groups excluding carboxylic acids is 2. The van der Waals surface area contributed by atoms with Crippen LogP contribution in [0.5, 0.6) is 23.0 Å². The van der Waals surface area contributed by atoms with Crippen LogP contribution in [0.2, 0.25) is 0 Å². The smallest absolute Gasteiger partial charge is 0.347 e. The van der Waals surface area contributed by atoms with Crippen molar-refractivity contribution in [3.8, 4) is 23.0 Å². The fourth-order valence-corrected chi connectivity index (χ4v) is 4.01. The summed E-state index contributed by atoms with van der Waals surface area (Å²) in [7, 11) is 0. The molecule has 0 saturated carbocycles. The van der Waals surface area contributed by atoms with Gasteiger partial charge in [0.2, 0.25) is 0 Å². The Morgan fingerprint density at radius 2 is 1.38 bits per heavy atom. The van der Waals surface area contributed by atoms with Crippen LogP contribution >= 0.6 is 0 Å². The third-order valence-corrected chi connectivity index (χ3v) is 6.61. The summed E-state index contributed by atoms with van der Waals surface area (Å²) in [6.07, 6.45) is 6.40. The van der Waals surface area contributed by atoms with E-state index in [0.717, 1.165) is 37.9 Å². The SMILES string of the molecule is CCCC(CC)Oc1ccc(OC(=O)c2ccccc2OC(=O)c2ccc(OCCCC(C)CC)cc2)cc1. The highest BCUT2D eigenvalue weighted by Gasteiger charge is 2.18. The maximum absolute atomic E-state index is 12.9. The largest absolute Gasteiger partial charge is 0.494 e. The number of ether oxygens (including phenoxy) is 4. The molecule has 0 heterocycles. The number of para-hydroxylation sites is 1. The number of esters is 2. The van der Waals surface area contributed by atoms with Gasteiger partial charge in [0, 0.05) is 0 Å². The summed E-state index contributed by atoms with van der Waals surface area (Å²) >= 11 is 0. The van der Waals surface area contributed by atoms with Crippen molar-refractivity contribution in [2.75, 3.05) is 6.61 Å². The predicted molar refractivity (Wildman–Crippen MR) is 153 cm³/mol. The van der Waals surface area contributed by atoms with Crippen molar-refractivity contribution in [1.29, 1.82) is 0 Å². The molecule has 0 radical (unpaired) electrons. The van der Waals surface area contributed by atoms with Crippen LogP contribution in [-0.4, -0.2) is 24.6 Å². The van der Waals surface area contributed by atoms with Crippen molar-refractivity contribution in [3.63, 3.8) is 0 Å². The Bertz CT molecular complexity index is 1170. The summed E-state index contributed by atoms with van der Waals surface area (Å²) in [4.78, 5) is 25.7. The summed E-state index contributed by atoms with van der Waals surface area (Å²) in [6, 6.07) is 20.3. The van der Waals surface area contributed by atoms with Gasteiger partial charge in [-0.1, -0.05) is 52.7 Å². The van der Waals surface area contributed by atoms with E-state index >= 15 is 0 Å². The number of hydrogen-bond acceptors (Lipinski definition) is 6. The molecule has 0 aliphatic heterocycles. The summed E-state index contributed by atoms with van der Waals surface area (Å²) in [5.74, 6) is 1.43. The van der Waals surface area contributed by atoms with E-state index in [1.54, 1.807) is 72.8 Å². The van der Waals surface area contributed by atoms with E-state index in [4.69, 9.17) is 18.9 Å². The lowest BCUT2D eigenvalue weighted by Crippen LogP contribution is -2.15.